The molecule has 1 aromatic heterocycles. The van der Waals surface area contributed by atoms with Crippen molar-refractivity contribution in [1.82, 2.24) is 5.32 Å². The summed E-state index contributed by atoms with van der Waals surface area (Å²) in [7, 11) is 1.74. The Morgan fingerprint density at radius 3 is 2.95 bits per heavy atom. The van der Waals surface area contributed by atoms with Crippen LogP contribution in [0.15, 0.2) is 34.7 Å². The maximum atomic E-state index is 5.98. The molecule has 1 atom stereocenters. The molecular formula is C16H23NO2S. The lowest BCUT2D eigenvalue weighted by atomic mass is 10.2. The van der Waals surface area contributed by atoms with Crippen molar-refractivity contribution < 1.29 is 9.15 Å². The van der Waals surface area contributed by atoms with Crippen LogP contribution in [0.5, 0.6) is 0 Å². The normalized spacial score (nSPS) is 12.9. The van der Waals surface area contributed by atoms with Gasteiger partial charge in [-0.05, 0) is 25.1 Å². The van der Waals surface area contributed by atoms with Crippen LogP contribution in [0.4, 0.5) is 0 Å². The van der Waals surface area contributed by atoms with Crippen molar-refractivity contribution in [3.8, 4) is 0 Å². The Kier molecular flexibility index (Phi) is 6.43. The number of benzene rings is 1. The molecule has 1 unspecified atom stereocenters. The van der Waals surface area contributed by atoms with Crippen LogP contribution in [0.25, 0.3) is 11.0 Å². The van der Waals surface area contributed by atoms with Gasteiger partial charge in [0.25, 0.3) is 0 Å². The van der Waals surface area contributed by atoms with E-state index in [1.54, 1.807) is 7.11 Å². The third-order valence-electron chi connectivity index (χ3n) is 3.15. The molecule has 0 aliphatic carbocycles. The molecule has 2 rings (SSSR count). The summed E-state index contributed by atoms with van der Waals surface area (Å²) >= 11 is 1.89. The van der Waals surface area contributed by atoms with Crippen LogP contribution >= 0.6 is 11.8 Å². The highest BCUT2D eigenvalue weighted by molar-refractivity contribution is 7.99. The highest BCUT2D eigenvalue weighted by atomic mass is 32.2. The number of methoxy groups -OCH3 is 1. The molecule has 3 nitrogen and oxygen atoms in total. The molecule has 1 aromatic carbocycles. The van der Waals surface area contributed by atoms with Gasteiger partial charge in [0, 0.05) is 24.0 Å². The largest absolute Gasteiger partial charge is 0.459 e. The molecule has 1 N–H and O–H groups in total. The molecular weight excluding hydrogens is 270 g/mol. The van der Waals surface area contributed by atoms with Crippen molar-refractivity contribution in [2.45, 2.75) is 19.4 Å². The van der Waals surface area contributed by atoms with Crippen molar-refractivity contribution >= 4 is 22.7 Å². The average molecular weight is 293 g/mol. The van der Waals surface area contributed by atoms with Crippen molar-refractivity contribution in [2.24, 2.45) is 0 Å². The highest BCUT2D eigenvalue weighted by Crippen LogP contribution is 2.26. The Morgan fingerprint density at radius 2 is 2.20 bits per heavy atom. The summed E-state index contributed by atoms with van der Waals surface area (Å²) in [5.74, 6) is 3.05. The van der Waals surface area contributed by atoms with Gasteiger partial charge < -0.3 is 14.5 Å². The van der Waals surface area contributed by atoms with E-state index >= 15 is 0 Å². The number of fused-ring (bicyclic) bond motifs is 1. The number of ether oxygens (including phenoxy) is 1. The third kappa shape index (κ3) is 4.27. The highest BCUT2D eigenvalue weighted by Gasteiger charge is 2.15. The molecule has 0 saturated heterocycles. The Hall–Kier alpha value is -0.970. The van der Waals surface area contributed by atoms with Gasteiger partial charge in [0.1, 0.15) is 11.3 Å². The molecule has 0 radical (unpaired) electrons. The first kappa shape index (κ1) is 15.4. The van der Waals surface area contributed by atoms with Crippen LogP contribution in [0, 0.1) is 0 Å². The molecule has 0 fully saturated rings. The number of para-hydroxylation sites is 1. The predicted octanol–water partition coefficient (Wildman–Crippen LogP) is 3.85. The zero-order chi connectivity index (χ0) is 14.2. The molecule has 2 aromatic rings. The molecule has 0 amide bonds. The first-order valence-electron chi connectivity index (χ1n) is 7.13. The van der Waals surface area contributed by atoms with Gasteiger partial charge in [-0.3, -0.25) is 0 Å². The van der Waals surface area contributed by atoms with Crippen LogP contribution in [-0.4, -0.2) is 31.8 Å². The second kappa shape index (κ2) is 8.35. The summed E-state index contributed by atoms with van der Waals surface area (Å²) in [5, 5.41) is 4.74. The standard InChI is InChI=1S/C16H23NO2S/c1-3-8-17-14(12-20-10-9-18-2)16-11-13-6-4-5-7-15(13)19-16/h4-7,11,14,17H,3,8-10,12H2,1-2H3. The Bertz CT molecular complexity index is 479. The second-order valence-electron chi connectivity index (χ2n) is 4.76. The summed E-state index contributed by atoms with van der Waals surface area (Å²) in [6.07, 6.45) is 1.12. The van der Waals surface area contributed by atoms with E-state index in [2.05, 4.69) is 24.4 Å². The second-order valence-corrected chi connectivity index (χ2v) is 5.91. The monoisotopic (exact) mass is 293 g/mol. The number of rotatable bonds is 9. The van der Waals surface area contributed by atoms with E-state index in [4.69, 9.17) is 9.15 Å². The maximum absolute atomic E-state index is 5.98. The maximum Gasteiger partial charge on any atom is 0.134 e. The lowest BCUT2D eigenvalue weighted by Gasteiger charge is -2.15. The first-order valence-corrected chi connectivity index (χ1v) is 8.29. The van der Waals surface area contributed by atoms with E-state index in [1.807, 2.05) is 30.0 Å². The molecule has 20 heavy (non-hydrogen) atoms. The van der Waals surface area contributed by atoms with Crippen molar-refractivity contribution in [2.75, 3.05) is 31.8 Å². The zero-order valence-electron chi connectivity index (χ0n) is 12.2. The molecule has 0 spiro atoms. The minimum absolute atomic E-state index is 0.268. The molecule has 4 heteroatoms. The minimum Gasteiger partial charge on any atom is -0.459 e. The number of nitrogens with one attached hydrogen (secondary N) is 1. The summed E-state index contributed by atoms with van der Waals surface area (Å²) in [6, 6.07) is 10.6. The Labute approximate surface area is 125 Å². The molecule has 1 heterocycles. The van der Waals surface area contributed by atoms with E-state index in [-0.39, 0.29) is 6.04 Å². The number of furan rings is 1. The summed E-state index contributed by atoms with van der Waals surface area (Å²) in [5.41, 5.74) is 0.965. The first-order chi connectivity index (χ1) is 9.85. The van der Waals surface area contributed by atoms with Gasteiger partial charge in [0.15, 0.2) is 0 Å². The fourth-order valence-electron chi connectivity index (χ4n) is 2.08. The summed E-state index contributed by atoms with van der Waals surface area (Å²) in [4.78, 5) is 0. The quantitative estimate of drug-likeness (QED) is 0.712. The lowest BCUT2D eigenvalue weighted by molar-refractivity contribution is 0.218. The van der Waals surface area contributed by atoms with E-state index < -0.39 is 0 Å². The topological polar surface area (TPSA) is 34.4 Å². The van der Waals surface area contributed by atoms with Crippen LogP contribution in [0.2, 0.25) is 0 Å². The van der Waals surface area contributed by atoms with Gasteiger partial charge in [-0.2, -0.15) is 11.8 Å². The Morgan fingerprint density at radius 1 is 1.35 bits per heavy atom. The van der Waals surface area contributed by atoms with Gasteiger partial charge in [-0.1, -0.05) is 25.1 Å². The van der Waals surface area contributed by atoms with Gasteiger partial charge in [0.05, 0.1) is 12.6 Å². The fraction of sp³-hybridized carbons (Fsp3) is 0.500. The van der Waals surface area contributed by atoms with Crippen LogP contribution in [0.1, 0.15) is 25.1 Å². The van der Waals surface area contributed by atoms with Crippen LogP contribution < -0.4 is 5.32 Å². The van der Waals surface area contributed by atoms with Crippen molar-refractivity contribution in [1.29, 1.82) is 0 Å². The SMILES string of the molecule is CCCNC(CSCCOC)c1cc2ccccc2o1. The van der Waals surface area contributed by atoms with E-state index in [0.29, 0.717) is 0 Å². The molecule has 0 saturated carbocycles. The van der Waals surface area contributed by atoms with Gasteiger partial charge in [-0.15, -0.1) is 0 Å². The van der Waals surface area contributed by atoms with Crippen LogP contribution in [-0.2, 0) is 4.74 Å². The van der Waals surface area contributed by atoms with Gasteiger partial charge in [-0.25, -0.2) is 0 Å². The van der Waals surface area contributed by atoms with E-state index in [1.165, 1.54) is 5.39 Å². The molecule has 110 valence electrons. The fourth-order valence-corrected chi connectivity index (χ4v) is 3.05. The van der Waals surface area contributed by atoms with Gasteiger partial charge in [0.2, 0.25) is 0 Å². The lowest BCUT2D eigenvalue weighted by Crippen LogP contribution is -2.24. The smallest absolute Gasteiger partial charge is 0.134 e. The van der Waals surface area contributed by atoms with Gasteiger partial charge >= 0.3 is 0 Å². The zero-order valence-corrected chi connectivity index (χ0v) is 13.0. The average Bonchev–Trinajstić information content (AvgIpc) is 2.90. The molecule has 0 aliphatic rings. The number of hydrogen-bond donors (Lipinski definition) is 1. The summed E-state index contributed by atoms with van der Waals surface area (Å²) < 4.78 is 11.1. The number of thioether (sulfide) groups is 1. The van der Waals surface area contributed by atoms with Crippen molar-refractivity contribution in [3.05, 3.63) is 36.1 Å². The van der Waals surface area contributed by atoms with E-state index in [9.17, 15) is 0 Å². The molecule has 0 bridgehead atoms. The summed E-state index contributed by atoms with van der Waals surface area (Å²) in [6.45, 7) is 3.98. The minimum atomic E-state index is 0.268. The third-order valence-corrected chi connectivity index (χ3v) is 4.17. The van der Waals surface area contributed by atoms with Crippen molar-refractivity contribution in [3.63, 3.8) is 0 Å². The van der Waals surface area contributed by atoms with E-state index in [0.717, 1.165) is 42.4 Å². The van der Waals surface area contributed by atoms with Crippen LogP contribution in [0.3, 0.4) is 0 Å². The Balaban J connectivity index is 2.04. The molecule has 0 aliphatic heterocycles. The predicted molar refractivity (Wildman–Crippen MR) is 86.4 cm³/mol. The number of hydrogen-bond acceptors (Lipinski definition) is 4.